The van der Waals surface area contributed by atoms with Gasteiger partial charge in [-0.05, 0) is 41.0 Å². The molecule has 0 aromatic heterocycles. The highest BCUT2D eigenvalue weighted by Gasteiger charge is 2.19. The summed E-state index contributed by atoms with van der Waals surface area (Å²) in [5.41, 5.74) is 1.10. The van der Waals surface area contributed by atoms with Crippen LogP contribution in [-0.2, 0) is 10.0 Å². The van der Waals surface area contributed by atoms with Crippen molar-refractivity contribution in [3.8, 4) is 0 Å². The lowest BCUT2D eigenvalue weighted by molar-refractivity contribution is 0.582. The van der Waals surface area contributed by atoms with Gasteiger partial charge >= 0.3 is 0 Å². The molecule has 0 amide bonds. The molecule has 0 unspecified atom stereocenters. The van der Waals surface area contributed by atoms with Gasteiger partial charge in [0, 0.05) is 13.1 Å². The van der Waals surface area contributed by atoms with Gasteiger partial charge in [-0.15, -0.1) is 0 Å². The summed E-state index contributed by atoms with van der Waals surface area (Å²) < 4.78 is 27.4. The molecule has 0 saturated heterocycles. The Kier molecular flexibility index (Phi) is 5.03. The number of hydrogen-bond donors (Lipinski definition) is 2. The first kappa shape index (κ1) is 15.0. The maximum Gasteiger partial charge on any atom is 0.242 e. The average molecular weight is 366 g/mol. The third-order valence-corrected chi connectivity index (χ3v) is 5.96. The van der Waals surface area contributed by atoms with Crippen LogP contribution in [0.4, 0.5) is 0 Å². The monoisotopic (exact) mass is 364 g/mol. The van der Waals surface area contributed by atoms with Crippen molar-refractivity contribution in [3.63, 3.8) is 0 Å². The lowest BCUT2D eigenvalue weighted by Gasteiger charge is -2.15. The number of benzene rings is 1. The van der Waals surface area contributed by atoms with E-state index in [9.17, 15) is 8.42 Å². The van der Waals surface area contributed by atoms with Crippen LogP contribution < -0.4 is 10.0 Å². The molecular weight excluding hydrogens is 352 g/mol. The van der Waals surface area contributed by atoms with Crippen LogP contribution in [0.2, 0.25) is 5.02 Å². The zero-order valence-corrected chi connectivity index (χ0v) is 13.3. The molecular formula is C12H14BrClN2O2S. The maximum atomic E-state index is 12.2. The van der Waals surface area contributed by atoms with E-state index in [1.54, 1.807) is 12.1 Å². The number of halogens is 2. The van der Waals surface area contributed by atoms with Gasteiger partial charge in [-0.3, -0.25) is 0 Å². The van der Waals surface area contributed by atoms with Gasteiger partial charge in [0.15, 0.2) is 0 Å². The summed E-state index contributed by atoms with van der Waals surface area (Å²) in [4.78, 5) is 0.162. The SMILES string of the molecule is O=S(=O)(NCC1=CCNCC1)c1cccc(Cl)c1Br. The minimum absolute atomic E-state index is 0.162. The smallest absolute Gasteiger partial charge is 0.242 e. The molecule has 19 heavy (non-hydrogen) atoms. The lowest BCUT2D eigenvalue weighted by Crippen LogP contribution is -2.29. The average Bonchev–Trinajstić information content (AvgIpc) is 2.41. The van der Waals surface area contributed by atoms with Crippen LogP contribution in [0.5, 0.6) is 0 Å². The Labute approximate surface area is 126 Å². The number of nitrogens with one attached hydrogen (secondary N) is 2. The van der Waals surface area contributed by atoms with Gasteiger partial charge in [0.05, 0.1) is 14.4 Å². The van der Waals surface area contributed by atoms with E-state index in [0.717, 1.165) is 25.1 Å². The summed E-state index contributed by atoms with van der Waals surface area (Å²) in [5.74, 6) is 0. The molecule has 0 fully saturated rings. The Balaban J connectivity index is 2.14. The molecule has 0 saturated carbocycles. The lowest BCUT2D eigenvalue weighted by atomic mass is 10.1. The van der Waals surface area contributed by atoms with Crippen molar-refractivity contribution < 1.29 is 8.42 Å². The Hall–Kier alpha value is -0.400. The third-order valence-electron chi connectivity index (χ3n) is 2.85. The fourth-order valence-corrected chi connectivity index (χ4v) is 4.06. The number of hydrogen-bond acceptors (Lipinski definition) is 3. The van der Waals surface area contributed by atoms with E-state index in [1.807, 2.05) is 6.08 Å². The second kappa shape index (κ2) is 6.37. The molecule has 0 aliphatic carbocycles. The van der Waals surface area contributed by atoms with Gasteiger partial charge in [-0.25, -0.2) is 13.1 Å². The van der Waals surface area contributed by atoms with Crippen molar-refractivity contribution in [3.05, 3.63) is 39.3 Å². The maximum absolute atomic E-state index is 12.2. The first-order valence-corrected chi connectivity index (χ1v) is 8.48. The largest absolute Gasteiger partial charge is 0.313 e. The summed E-state index contributed by atoms with van der Waals surface area (Å²) in [5, 5.41) is 3.56. The molecule has 1 aromatic carbocycles. The highest BCUT2D eigenvalue weighted by Crippen LogP contribution is 2.29. The molecule has 0 radical (unpaired) electrons. The van der Waals surface area contributed by atoms with Crippen LogP contribution in [0.15, 0.2) is 39.2 Å². The standard InChI is InChI=1S/C12H14BrClN2O2S/c13-12-10(14)2-1-3-11(12)19(17,18)16-8-9-4-6-15-7-5-9/h1-4,15-16H,5-8H2. The summed E-state index contributed by atoms with van der Waals surface area (Å²) >= 11 is 9.12. The molecule has 104 valence electrons. The molecule has 1 heterocycles. The molecule has 1 aliphatic rings. The van der Waals surface area contributed by atoms with E-state index in [4.69, 9.17) is 11.6 Å². The molecule has 2 N–H and O–H groups in total. The van der Waals surface area contributed by atoms with E-state index in [1.165, 1.54) is 6.07 Å². The Morgan fingerprint density at radius 3 is 2.89 bits per heavy atom. The van der Waals surface area contributed by atoms with Crippen LogP contribution in [0, 0.1) is 0 Å². The van der Waals surface area contributed by atoms with E-state index in [-0.39, 0.29) is 4.90 Å². The summed E-state index contributed by atoms with van der Waals surface area (Å²) in [6, 6.07) is 4.78. The Morgan fingerprint density at radius 1 is 1.42 bits per heavy atom. The van der Waals surface area contributed by atoms with Crippen molar-refractivity contribution in [2.24, 2.45) is 0 Å². The molecule has 1 aliphatic heterocycles. The third kappa shape index (κ3) is 3.79. The van der Waals surface area contributed by atoms with Gasteiger partial charge in [0.25, 0.3) is 0 Å². The summed E-state index contributed by atoms with van der Waals surface area (Å²) in [7, 11) is -3.56. The van der Waals surface area contributed by atoms with Crippen LogP contribution in [0.25, 0.3) is 0 Å². The fourth-order valence-electron chi connectivity index (χ4n) is 1.79. The second-order valence-corrected chi connectivity index (χ2v) is 7.13. The first-order valence-electron chi connectivity index (χ1n) is 5.83. The van der Waals surface area contributed by atoms with Crippen LogP contribution in [-0.4, -0.2) is 28.1 Å². The normalized spacial score (nSPS) is 16.2. The Bertz CT molecular complexity index is 602. The highest BCUT2D eigenvalue weighted by atomic mass is 79.9. The van der Waals surface area contributed by atoms with Gasteiger partial charge in [-0.1, -0.05) is 29.3 Å². The first-order chi connectivity index (χ1) is 9.00. The number of sulfonamides is 1. The van der Waals surface area contributed by atoms with Crippen molar-refractivity contribution >= 4 is 37.6 Å². The van der Waals surface area contributed by atoms with Crippen LogP contribution in [0.1, 0.15) is 6.42 Å². The van der Waals surface area contributed by atoms with Gasteiger partial charge in [-0.2, -0.15) is 0 Å². The van der Waals surface area contributed by atoms with Gasteiger partial charge in [0.1, 0.15) is 0 Å². The quantitative estimate of drug-likeness (QED) is 0.805. The van der Waals surface area contributed by atoms with E-state index in [2.05, 4.69) is 26.0 Å². The fraction of sp³-hybridized carbons (Fsp3) is 0.333. The van der Waals surface area contributed by atoms with E-state index >= 15 is 0 Å². The molecule has 0 spiro atoms. The van der Waals surface area contributed by atoms with Gasteiger partial charge < -0.3 is 5.32 Å². The van der Waals surface area contributed by atoms with E-state index < -0.39 is 10.0 Å². The zero-order chi connectivity index (χ0) is 13.9. The van der Waals surface area contributed by atoms with Crippen molar-refractivity contribution in [1.82, 2.24) is 10.0 Å². The second-order valence-electron chi connectivity index (χ2n) is 4.19. The molecule has 0 bridgehead atoms. The predicted octanol–water partition coefficient (Wildman–Crippen LogP) is 2.30. The van der Waals surface area contributed by atoms with Crippen molar-refractivity contribution in [2.75, 3.05) is 19.6 Å². The van der Waals surface area contributed by atoms with Crippen LogP contribution >= 0.6 is 27.5 Å². The zero-order valence-electron chi connectivity index (χ0n) is 10.1. The van der Waals surface area contributed by atoms with Crippen molar-refractivity contribution in [2.45, 2.75) is 11.3 Å². The molecule has 7 heteroatoms. The molecule has 4 nitrogen and oxygen atoms in total. The minimum Gasteiger partial charge on any atom is -0.313 e. The van der Waals surface area contributed by atoms with Crippen LogP contribution in [0.3, 0.4) is 0 Å². The summed E-state index contributed by atoms with van der Waals surface area (Å²) in [6.07, 6.45) is 2.87. The minimum atomic E-state index is -3.56. The van der Waals surface area contributed by atoms with E-state index in [0.29, 0.717) is 16.0 Å². The van der Waals surface area contributed by atoms with Gasteiger partial charge in [0.2, 0.25) is 10.0 Å². The molecule has 1 aromatic rings. The highest BCUT2D eigenvalue weighted by molar-refractivity contribution is 9.10. The topological polar surface area (TPSA) is 58.2 Å². The number of rotatable bonds is 4. The molecule has 0 atom stereocenters. The van der Waals surface area contributed by atoms with Crippen molar-refractivity contribution in [1.29, 1.82) is 0 Å². The molecule has 2 rings (SSSR count). The predicted molar refractivity (Wildman–Crippen MR) is 79.9 cm³/mol. The summed E-state index contributed by atoms with van der Waals surface area (Å²) in [6.45, 7) is 2.01. The Morgan fingerprint density at radius 2 is 2.21 bits per heavy atom.